The lowest BCUT2D eigenvalue weighted by atomic mass is 9.94. The monoisotopic (exact) mass is 568 g/mol. The van der Waals surface area contributed by atoms with Gasteiger partial charge in [0.05, 0.1) is 29.2 Å². The van der Waals surface area contributed by atoms with E-state index < -0.39 is 35.6 Å². The van der Waals surface area contributed by atoms with Gasteiger partial charge < -0.3 is 19.9 Å². The van der Waals surface area contributed by atoms with Gasteiger partial charge in [0.1, 0.15) is 29.0 Å². The molecule has 3 heterocycles. The molecule has 7 nitrogen and oxygen atoms in total. The molecule has 0 bridgehead atoms. The molecule has 3 aliphatic rings. The number of amidine groups is 1. The van der Waals surface area contributed by atoms with Crippen molar-refractivity contribution < 1.29 is 26.7 Å². The number of benzene rings is 1. The Hall–Kier alpha value is -4.66. The number of anilines is 1. The van der Waals surface area contributed by atoms with E-state index >= 15 is 4.39 Å². The molecule has 5 rings (SSSR count). The lowest BCUT2D eigenvalue weighted by Crippen LogP contribution is -2.27. The maximum atomic E-state index is 15.5. The summed E-state index contributed by atoms with van der Waals surface area (Å²) in [5.74, 6) is -2.50. The third-order valence-electron chi connectivity index (χ3n) is 6.79. The van der Waals surface area contributed by atoms with Gasteiger partial charge in [-0.1, -0.05) is 19.1 Å². The molecular formula is C29H25F5N6O. The van der Waals surface area contributed by atoms with Crippen LogP contribution < -0.4 is 10.6 Å². The summed E-state index contributed by atoms with van der Waals surface area (Å²) < 4.78 is 79.1. The van der Waals surface area contributed by atoms with Crippen molar-refractivity contribution in [2.45, 2.75) is 39.5 Å². The average Bonchev–Trinajstić information content (AvgIpc) is 3.53. The molecule has 1 aromatic carbocycles. The van der Waals surface area contributed by atoms with E-state index in [2.05, 4.69) is 20.6 Å². The number of nitriles is 1. The smallest absolute Gasteiger partial charge is 0.416 e. The number of halogens is 5. The second-order valence-corrected chi connectivity index (χ2v) is 9.98. The van der Waals surface area contributed by atoms with E-state index in [1.807, 2.05) is 6.07 Å². The maximum absolute atomic E-state index is 15.5. The van der Waals surface area contributed by atoms with Gasteiger partial charge in [0.25, 0.3) is 0 Å². The standard InChI is InChI=1S/C29H25F5N6O/c1-15-5-4-6-36-28(39-19-8-18(29(32,33)34)9-20(10-19)40-13-17(3)37-14-40)22(12-35)27(15)41-24-11-23(30)26-21(25(24)31)7-16(2)38-26/h4,6-11,13-15,21,25,38H,5H2,1-3H3,(H,36,39). The Morgan fingerprint density at radius 3 is 2.68 bits per heavy atom. The molecule has 0 radical (unpaired) electrons. The quantitative estimate of drug-likeness (QED) is 0.392. The maximum Gasteiger partial charge on any atom is 0.416 e. The van der Waals surface area contributed by atoms with Crippen LogP contribution in [0.2, 0.25) is 0 Å². The molecule has 0 spiro atoms. The first-order valence-electron chi connectivity index (χ1n) is 12.7. The number of nitrogens with zero attached hydrogens (tertiary/aromatic N) is 4. The van der Waals surface area contributed by atoms with E-state index in [9.17, 15) is 22.8 Å². The van der Waals surface area contributed by atoms with Crippen LogP contribution in [0.4, 0.5) is 27.6 Å². The Morgan fingerprint density at radius 1 is 1.22 bits per heavy atom. The normalized spacial score (nSPS) is 22.6. The molecule has 0 saturated heterocycles. The molecule has 2 aliphatic heterocycles. The highest BCUT2D eigenvalue weighted by atomic mass is 19.4. The summed E-state index contributed by atoms with van der Waals surface area (Å²) in [6, 6.07) is 5.31. The summed E-state index contributed by atoms with van der Waals surface area (Å²) in [6.07, 6.45) is 2.54. The third-order valence-corrected chi connectivity index (χ3v) is 6.79. The summed E-state index contributed by atoms with van der Waals surface area (Å²) in [5.41, 5.74) is 0.391. The number of allylic oxidation sites excluding steroid dienone is 7. The highest BCUT2D eigenvalue weighted by Crippen LogP contribution is 2.40. The van der Waals surface area contributed by atoms with Crippen LogP contribution in [0.5, 0.6) is 0 Å². The van der Waals surface area contributed by atoms with Crippen LogP contribution in [0.25, 0.3) is 5.69 Å². The fourth-order valence-electron chi connectivity index (χ4n) is 4.79. The Kier molecular flexibility index (Phi) is 7.29. The second-order valence-electron chi connectivity index (χ2n) is 9.98. The molecule has 3 unspecified atom stereocenters. The Balaban J connectivity index is 1.55. The second kappa shape index (κ2) is 10.7. The molecular weight excluding hydrogens is 543 g/mol. The molecule has 3 atom stereocenters. The van der Waals surface area contributed by atoms with E-state index in [-0.39, 0.29) is 40.0 Å². The summed E-state index contributed by atoms with van der Waals surface area (Å²) in [6.45, 7) is 5.13. The van der Waals surface area contributed by atoms with Crippen molar-refractivity contribution in [2.24, 2.45) is 16.8 Å². The number of rotatable bonds is 4. The number of alkyl halides is 4. The predicted molar refractivity (Wildman–Crippen MR) is 143 cm³/mol. The van der Waals surface area contributed by atoms with E-state index in [1.54, 1.807) is 39.1 Å². The lowest BCUT2D eigenvalue weighted by molar-refractivity contribution is -0.137. The van der Waals surface area contributed by atoms with Gasteiger partial charge in [0.2, 0.25) is 0 Å². The van der Waals surface area contributed by atoms with E-state index in [0.29, 0.717) is 17.8 Å². The minimum Gasteiger partial charge on any atom is -0.461 e. The van der Waals surface area contributed by atoms with Crippen molar-refractivity contribution >= 4 is 11.5 Å². The van der Waals surface area contributed by atoms with Gasteiger partial charge in [-0.05, 0) is 38.5 Å². The molecule has 1 aliphatic carbocycles. The van der Waals surface area contributed by atoms with Gasteiger partial charge >= 0.3 is 6.18 Å². The molecule has 2 N–H and O–H groups in total. The number of hydrogen-bond donors (Lipinski definition) is 2. The Morgan fingerprint density at radius 2 is 2.00 bits per heavy atom. The Bertz CT molecular complexity index is 1620. The number of aromatic nitrogens is 2. The summed E-state index contributed by atoms with van der Waals surface area (Å²) in [5, 5.41) is 15.8. The van der Waals surface area contributed by atoms with Gasteiger partial charge in [-0.3, -0.25) is 0 Å². The zero-order valence-corrected chi connectivity index (χ0v) is 22.2. The number of imidazole rings is 1. The first kappa shape index (κ1) is 27.9. The van der Waals surface area contributed by atoms with Crippen LogP contribution in [0, 0.1) is 30.1 Å². The van der Waals surface area contributed by atoms with Crippen LogP contribution in [0.3, 0.4) is 0 Å². The fraction of sp³-hybridized carbons (Fsp3) is 0.276. The van der Waals surface area contributed by atoms with Crippen molar-refractivity contribution in [3.8, 4) is 11.8 Å². The van der Waals surface area contributed by atoms with Gasteiger partial charge in [0.15, 0.2) is 12.0 Å². The number of ether oxygens (including phenoxy) is 1. The molecule has 0 amide bonds. The highest BCUT2D eigenvalue weighted by molar-refractivity contribution is 6.11. The van der Waals surface area contributed by atoms with Gasteiger partial charge in [-0.25, -0.2) is 18.8 Å². The van der Waals surface area contributed by atoms with Crippen LogP contribution >= 0.6 is 0 Å². The van der Waals surface area contributed by atoms with Crippen molar-refractivity contribution in [1.82, 2.24) is 14.9 Å². The average molecular weight is 569 g/mol. The Labute approximate surface area is 232 Å². The van der Waals surface area contributed by atoms with Crippen molar-refractivity contribution in [1.29, 1.82) is 5.26 Å². The van der Waals surface area contributed by atoms with Crippen molar-refractivity contribution in [3.05, 3.63) is 101 Å². The van der Waals surface area contributed by atoms with Gasteiger partial charge in [0, 0.05) is 41.5 Å². The largest absolute Gasteiger partial charge is 0.461 e. The molecule has 1 aromatic heterocycles. The summed E-state index contributed by atoms with van der Waals surface area (Å²) in [4.78, 5) is 8.33. The first-order chi connectivity index (χ1) is 19.4. The number of aryl methyl sites for hydroxylation is 1. The number of nitrogens with one attached hydrogen (secondary N) is 2. The summed E-state index contributed by atoms with van der Waals surface area (Å²) in [7, 11) is 0. The molecule has 2 aromatic rings. The van der Waals surface area contributed by atoms with E-state index in [0.717, 1.165) is 18.2 Å². The van der Waals surface area contributed by atoms with Crippen LogP contribution in [-0.4, -0.2) is 21.6 Å². The van der Waals surface area contributed by atoms with Gasteiger partial charge in [-0.2, -0.15) is 18.4 Å². The molecule has 0 fully saturated rings. The summed E-state index contributed by atoms with van der Waals surface area (Å²) >= 11 is 0. The van der Waals surface area contributed by atoms with Gasteiger partial charge in [-0.15, -0.1) is 0 Å². The molecule has 0 saturated carbocycles. The van der Waals surface area contributed by atoms with E-state index in [1.165, 1.54) is 23.2 Å². The predicted octanol–water partition coefficient (Wildman–Crippen LogP) is 6.90. The highest BCUT2D eigenvalue weighted by Gasteiger charge is 2.39. The number of hydrogen-bond acceptors (Lipinski definition) is 6. The minimum absolute atomic E-state index is 0.00911. The zero-order valence-electron chi connectivity index (χ0n) is 22.2. The van der Waals surface area contributed by atoms with Crippen molar-refractivity contribution in [3.63, 3.8) is 0 Å². The SMILES string of the molecule is CC1=CC2C(=C(F)C=C(OC3=C(C#N)C(Nc4cc(-n5cnc(C)c5)cc(C(F)(F)F)c4)=NC=CCC3C)C2F)N1. The molecule has 212 valence electrons. The van der Waals surface area contributed by atoms with Crippen LogP contribution in [-0.2, 0) is 10.9 Å². The van der Waals surface area contributed by atoms with Crippen molar-refractivity contribution in [2.75, 3.05) is 5.32 Å². The topological polar surface area (TPSA) is 87.3 Å². The van der Waals surface area contributed by atoms with E-state index in [4.69, 9.17) is 4.74 Å². The van der Waals surface area contributed by atoms with Crippen LogP contribution in [0.1, 0.15) is 31.5 Å². The third kappa shape index (κ3) is 5.66. The molecule has 12 heteroatoms. The number of fused-ring (bicyclic) bond motifs is 1. The molecule has 41 heavy (non-hydrogen) atoms. The zero-order chi connectivity index (χ0) is 29.5. The lowest BCUT2D eigenvalue weighted by Gasteiger charge is -2.27. The number of aliphatic imine (C=N–C) groups is 1. The first-order valence-corrected chi connectivity index (χ1v) is 12.7. The fourth-order valence-corrected chi connectivity index (χ4v) is 4.79. The minimum atomic E-state index is -4.66. The van der Waals surface area contributed by atoms with Crippen LogP contribution in [0.15, 0.2) is 94.5 Å².